The second-order valence-electron chi connectivity index (χ2n) is 4.81. The fraction of sp³-hybridized carbons (Fsp3) is 0.200. The first-order chi connectivity index (χ1) is 10.3. The van der Waals surface area contributed by atoms with Gasteiger partial charge in [0, 0.05) is 16.6 Å². The average molecular weight is 297 g/mol. The van der Waals surface area contributed by atoms with Gasteiger partial charge in [-0.3, -0.25) is 4.40 Å². The molecule has 0 bridgehead atoms. The Balaban J connectivity index is 1.93. The van der Waals surface area contributed by atoms with Crippen LogP contribution in [0.1, 0.15) is 11.4 Å². The molecule has 21 heavy (non-hydrogen) atoms. The Morgan fingerprint density at radius 3 is 3.10 bits per heavy atom. The Morgan fingerprint density at radius 2 is 2.24 bits per heavy atom. The van der Waals surface area contributed by atoms with Crippen molar-refractivity contribution in [3.63, 3.8) is 0 Å². The van der Waals surface area contributed by atoms with E-state index in [4.69, 9.17) is 14.7 Å². The van der Waals surface area contributed by atoms with Crippen molar-refractivity contribution >= 4 is 16.3 Å². The first-order valence-electron chi connectivity index (χ1n) is 6.50. The number of benzene rings is 1. The van der Waals surface area contributed by atoms with Crippen molar-refractivity contribution in [2.45, 2.75) is 13.3 Å². The van der Waals surface area contributed by atoms with E-state index in [0.717, 1.165) is 39.1 Å². The second kappa shape index (κ2) is 4.50. The largest absolute Gasteiger partial charge is 0.454 e. The van der Waals surface area contributed by atoms with Crippen molar-refractivity contribution in [2.24, 2.45) is 0 Å². The minimum Gasteiger partial charge on any atom is -0.454 e. The standard InChI is InChI=1S/C15H11N3O2S/c1-9-7-21-15-17-14(11(4-5-16)18(9)15)10-2-3-12-13(6-10)20-8-19-12/h2-3,6-7H,4,8H2,1H3. The molecular formula is C15H11N3O2S. The van der Waals surface area contributed by atoms with Gasteiger partial charge in [-0.15, -0.1) is 11.3 Å². The molecule has 0 saturated heterocycles. The number of imidazole rings is 1. The molecule has 1 aliphatic rings. The van der Waals surface area contributed by atoms with Gasteiger partial charge in [-0.25, -0.2) is 4.98 Å². The fourth-order valence-electron chi connectivity index (χ4n) is 2.58. The summed E-state index contributed by atoms with van der Waals surface area (Å²) < 4.78 is 12.8. The normalized spacial score (nSPS) is 12.8. The van der Waals surface area contributed by atoms with Crippen LogP contribution >= 0.6 is 11.3 Å². The zero-order chi connectivity index (χ0) is 14.4. The molecule has 2 aromatic heterocycles. The maximum Gasteiger partial charge on any atom is 0.231 e. The summed E-state index contributed by atoms with van der Waals surface area (Å²) in [6, 6.07) is 7.99. The minimum atomic E-state index is 0.251. The summed E-state index contributed by atoms with van der Waals surface area (Å²) in [6.45, 7) is 2.27. The zero-order valence-corrected chi connectivity index (χ0v) is 12.1. The number of fused-ring (bicyclic) bond motifs is 2. The van der Waals surface area contributed by atoms with Crippen molar-refractivity contribution in [1.29, 1.82) is 5.26 Å². The van der Waals surface area contributed by atoms with Gasteiger partial charge in [-0.2, -0.15) is 5.26 Å². The zero-order valence-electron chi connectivity index (χ0n) is 11.3. The predicted octanol–water partition coefficient (Wildman–Crippen LogP) is 3.17. The van der Waals surface area contributed by atoms with Crippen LogP contribution in [-0.4, -0.2) is 16.2 Å². The number of hydrogen-bond acceptors (Lipinski definition) is 5. The highest BCUT2D eigenvalue weighted by Gasteiger charge is 2.19. The van der Waals surface area contributed by atoms with Crippen LogP contribution in [0.15, 0.2) is 23.6 Å². The summed E-state index contributed by atoms with van der Waals surface area (Å²) in [6.07, 6.45) is 0.322. The Hall–Kier alpha value is -2.52. The number of nitrogens with zero attached hydrogens (tertiary/aromatic N) is 3. The lowest BCUT2D eigenvalue weighted by atomic mass is 10.1. The molecule has 0 fully saturated rings. The first kappa shape index (κ1) is 12.2. The summed E-state index contributed by atoms with van der Waals surface area (Å²) in [7, 11) is 0. The van der Waals surface area contributed by atoms with Gasteiger partial charge in [0.05, 0.1) is 23.9 Å². The molecule has 6 heteroatoms. The van der Waals surface area contributed by atoms with Gasteiger partial charge in [-0.05, 0) is 25.1 Å². The third-order valence-electron chi connectivity index (χ3n) is 3.52. The van der Waals surface area contributed by atoms with Gasteiger partial charge in [0.2, 0.25) is 6.79 Å². The SMILES string of the molecule is Cc1csc2nc(-c3ccc4c(c3)OCO4)c(CC#N)n12. The predicted molar refractivity (Wildman–Crippen MR) is 78.7 cm³/mol. The van der Waals surface area contributed by atoms with E-state index in [0.29, 0.717) is 6.42 Å². The molecular weight excluding hydrogens is 286 g/mol. The molecule has 0 saturated carbocycles. The van der Waals surface area contributed by atoms with Gasteiger partial charge in [0.15, 0.2) is 16.5 Å². The van der Waals surface area contributed by atoms with Gasteiger partial charge in [-0.1, -0.05) is 0 Å². The lowest BCUT2D eigenvalue weighted by Crippen LogP contribution is -1.94. The van der Waals surface area contributed by atoms with E-state index in [-0.39, 0.29) is 6.79 Å². The van der Waals surface area contributed by atoms with E-state index in [1.807, 2.05) is 34.9 Å². The number of aryl methyl sites for hydroxylation is 1. The molecule has 0 unspecified atom stereocenters. The van der Waals surface area contributed by atoms with Crippen LogP contribution in [-0.2, 0) is 6.42 Å². The van der Waals surface area contributed by atoms with E-state index in [1.54, 1.807) is 11.3 Å². The third kappa shape index (κ3) is 1.78. The van der Waals surface area contributed by atoms with Crippen LogP contribution in [0.4, 0.5) is 0 Å². The molecule has 5 nitrogen and oxygen atoms in total. The minimum absolute atomic E-state index is 0.251. The molecule has 0 aliphatic carbocycles. The van der Waals surface area contributed by atoms with E-state index in [1.165, 1.54) is 0 Å². The third-order valence-corrected chi connectivity index (χ3v) is 4.47. The Labute approximate surface area is 125 Å². The highest BCUT2D eigenvalue weighted by atomic mass is 32.1. The maximum absolute atomic E-state index is 9.12. The summed E-state index contributed by atoms with van der Waals surface area (Å²) in [5.74, 6) is 1.47. The number of thiazole rings is 1. The second-order valence-corrected chi connectivity index (χ2v) is 5.64. The van der Waals surface area contributed by atoms with E-state index in [9.17, 15) is 0 Å². The van der Waals surface area contributed by atoms with Crippen LogP contribution in [0.5, 0.6) is 11.5 Å². The van der Waals surface area contributed by atoms with Crippen molar-refractivity contribution in [1.82, 2.24) is 9.38 Å². The summed E-state index contributed by atoms with van der Waals surface area (Å²) in [5.41, 5.74) is 3.80. The lowest BCUT2D eigenvalue weighted by Gasteiger charge is -2.03. The highest BCUT2D eigenvalue weighted by Crippen LogP contribution is 2.37. The van der Waals surface area contributed by atoms with Gasteiger partial charge in [0.1, 0.15) is 0 Å². The van der Waals surface area contributed by atoms with E-state index in [2.05, 4.69) is 11.1 Å². The monoisotopic (exact) mass is 297 g/mol. The first-order valence-corrected chi connectivity index (χ1v) is 7.38. The van der Waals surface area contributed by atoms with Gasteiger partial charge >= 0.3 is 0 Å². The summed E-state index contributed by atoms with van der Waals surface area (Å²) >= 11 is 1.58. The van der Waals surface area contributed by atoms with Crippen LogP contribution in [0.2, 0.25) is 0 Å². The van der Waals surface area contributed by atoms with Crippen LogP contribution < -0.4 is 9.47 Å². The fourth-order valence-corrected chi connectivity index (χ4v) is 3.46. The number of aromatic nitrogens is 2. The van der Waals surface area contributed by atoms with Crippen LogP contribution in [0.3, 0.4) is 0 Å². The molecule has 0 amide bonds. The Bertz CT molecular complexity index is 888. The summed E-state index contributed by atoms with van der Waals surface area (Å²) in [5, 5.41) is 11.2. The number of nitriles is 1. The van der Waals surface area contributed by atoms with Crippen LogP contribution in [0, 0.1) is 18.3 Å². The molecule has 104 valence electrons. The van der Waals surface area contributed by atoms with Gasteiger partial charge < -0.3 is 9.47 Å². The van der Waals surface area contributed by atoms with Crippen molar-refractivity contribution in [3.8, 4) is 28.8 Å². The number of ether oxygens (including phenoxy) is 2. The summed E-state index contributed by atoms with van der Waals surface area (Å²) in [4.78, 5) is 5.59. The van der Waals surface area contributed by atoms with E-state index >= 15 is 0 Å². The Kier molecular flexibility index (Phi) is 2.62. The molecule has 0 radical (unpaired) electrons. The Morgan fingerprint density at radius 1 is 1.38 bits per heavy atom. The van der Waals surface area contributed by atoms with Crippen LogP contribution in [0.25, 0.3) is 16.2 Å². The van der Waals surface area contributed by atoms with Gasteiger partial charge in [0.25, 0.3) is 0 Å². The van der Waals surface area contributed by atoms with E-state index < -0.39 is 0 Å². The highest BCUT2D eigenvalue weighted by molar-refractivity contribution is 7.15. The molecule has 0 spiro atoms. The molecule has 3 heterocycles. The average Bonchev–Trinajstić information content (AvgIpc) is 3.16. The molecule has 1 aromatic carbocycles. The van der Waals surface area contributed by atoms with Crippen molar-refractivity contribution < 1.29 is 9.47 Å². The maximum atomic E-state index is 9.12. The molecule has 0 N–H and O–H groups in total. The molecule has 4 rings (SSSR count). The quantitative estimate of drug-likeness (QED) is 0.729. The lowest BCUT2D eigenvalue weighted by molar-refractivity contribution is 0.174. The molecule has 3 aromatic rings. The number of rotatable bonds is 2. The topological polar surface area (TPSA) is 59.5 Å². The molecule has 1 aliphatic heterocycles. The smallest absolute Gasteiger partial charge is 0.231 e. The van der Waals surface area contributed by atoms with Crippen molar-refractivity contribution in [3.05, 3.63) is 35.0 Å². The number of hydrogen-bond donors (Lipinski definition) is 0. The molecule has 0 atom stereocenters. The van der Waals surface area contributed by atoms with Crippen molar-refractivity contribution in [2.75, 3.05) is 6.79 Å².